The van der Waals surface area contributed by atoms with Crippen molar-refractivity contribution in [2.24, 2.45) is 5.92 Å². The maximum atomic E-state index is 4.42. The van der Waals surface area contributed by atoms with Crippen molar-refractivity contribution in [3.05, 3.63) is 34.1 Å². The van der Waals surface area contributed by atoms with E-state index in [0.29, 0.717) is 6.04 Å². The fraction of sp³-hybridized carbons (Fsp3) is 0.500. The fourth-order valence-corrected chi connectivity index (χ4v) is 3.24. The summed E-state index contributed by atoms with van der Waals surface area (Å²) in [5.41, 5.74) is 3.96. The van der Waals surface area contributed by atoms with Crippen LogP contribution >= 0.6 is 15.9 Å². The van der Waals surface area contributed by atoms with Gasteiger partial charge in [-0.05, 0) is 77.3 Å². The Morgan fingerprint density at radius 2 is 2.29 bits per heavy atom. The lowest BCUT2D eigenvalue weighted by Crippen LogP contribution is -2.30. The first-order chi connectivity index (χ1) is 8.25. The minimum Gasteiger partial charge on any atom is -0.310 e. The molecule has 1 aromatic rings. The van der Waals surface area contributed by atoms with Gasteiger partial charge in [0.1, 0.15) is 4.60 Å². The smallest absolute Gasteiger partial charge is 0.109 e. The van der Waals surface area contributed by atoms with E-state index in [1.54, 1.807) is 0 Å². The number of pyridine rings is 1. The minimum atomic E-state index is 0.561. The van der Waals surface area contributed by atoms with Gasteiger partial charge in [0, 0.05) is 12.2 Å². The Morgan fingerprint density at radius 3 is 3.12 bits per heavy atom. The molecule has 1 aromatic heterocycles. The number of halogens is 1. The van der Waals surface area contributed by atoms with Crippen LogP contribution < -0.4 is 5.32 Å². The molecule has 2 heterocycles. The van der Waals surface area contributed by atoms with Gasteiger partial charge in [0.2, 0.25) is 0 Å². The highest BCUT2D eigenvalue weighted by molar-refractivity contribution is 9.10. The van der Waals surface area contributed by atoms with Crippen molar-refractivity contribution >= 4 is 21.5 Å². The molecule has 17 heavy (non-hydrogen) atoms. The monoisotopic (exact) mass is 292 g/mol. The molecule has 1 N–H and O–H groups in total. The van der Waals surface area contributed by atoms with Crippen molar-refractivity contribution in [2.45, 2.75) is 32.2 Å². The Labute approximate surface area is 111 Å². The number of nitrogens with one attached hydrogen (secondary N) is 1. The molecule has 2 aliphatic rings. The highest BCUT2D eigenvalue weighted by Gasteiger charge is 2.32. The fourth-order valence-electron chi connectivity index (χ4n) is 3.03. The van der Waals surface area contributed by atoms with Crippen LogP contribution in [-0.2, 0) is 0 Å². The number of aromatic nitrogens is 1. The average molecular weight is 293 g/mol. The van der Waals surface area contributed by atoms with Gasteiger partial charge < -0.3 is 5.32 Å². The number of rotatable bonds is 1. The Balaban J connectivity index is 1.97. The number of allylic oxidation sites excluding steroid dienone is 1. The van der Waals surface area contributed by atoms with Crippen LogP contribution in [0.25, 0.3) is 5.57 Å². The van der Waals surface area contributed by atoms with Crippen molar-refractivity contribution < 1.29 is 0 Å². The van der Waals surface area contributed by atoms with E-state index in [1.807, 2.05) is 6.20 Å². The summed E-state index contributed by atoms with van der Waals surface area (Å²) < 4.78 is 0.952. The Bertz CT molecular complexity index is 467. The third-order valence-corrected chi connectivity index (χ3v) is 4.77. The number of fused-ring (bicyclic) bond motifs is 1. The second-order valence-electron chi connectivity index (χ2n) is 5.05. The maximum absolute atomic E-state index is 4.42. The van der Waals surface area contributed by atoms with Crippen molar-refractivity contribution in [1.82, 2.24) is 10.3 Å². The summed E-state index contributed by atoms with van der Waals surface area (Å²) in [5.74, 6) is 0.832. The van der Waals surface area contributed by atoms with E-state index in [4.69, 9.17) is 0 Å². The predicted molar refractivity (Wildman–Crippen MR) is 73.8 cm³/mol. The molecule has 2 atom stereocenters. The Kier molecular flexibility index (Phi) is 3.05. The first kappa shape index (κ1) is 11.4. The van der Waals surface area contributed by atoms with Gasteiger partial charge in [-0.15, -0.1) is 0 Å². The van der Waals surface area contributed by atoms with E-state index in [-0.39, 0.29) is 0 Å². The molecule has 1 aliphatic carbocycles. The number of nitrogens with zero attached hydrogens (tertiary/aromatic N) is 1. The maximum Gasteiger partial charge on any atom is 0.109 e. The lowest BCUT2D eigenvalue weighted by Gasteiger charge is -2.27. The molecular weight excluding hydrogens is 276 g/mol. The minimum absolute atomic E-state index is 0.561. The lowest BCUT2D eigenvalue weighted by molar-refractivity contribution is 0.470. The number of hydrogen-bond donors (Lipinski definition) is 1. The quantitative estimate of drug-likeness (QED) is 0.804. The normalized spacial score (nSPS) is 27.8. The molecular formula is C14H17BrN2. The third-order valence-electron chi connectivity index (χ3n) is 3.94. The molecule has 3 rings (SSSR count). The second kappa shape index (κ2) is 4.54. The summed E-state index contributed by atoms with van der Waals surface area (Å²) in [5, 5.41) is 3.63. The van der Waals surface area contributed by atoms with Crippen LogP contribution in [0, 0.1) is 12.8 Å². The van der Waals surface area contributed by atoms with Gasteiger partial charge in [-0.1, -0.05) is 6.08 Å². The van der Waals surface area contributed by atoms with Crippen LogP contribution in [0.15, 0.2) is 22.9 Å². The lowest BCUT2D eigenvalue weighted by atomic mass is 9.82. The van der Waals surface area contributed by atoms with Gasteiger partial charge in [-0.3, -0.25) is 0 Å². The van der Waals surface area contributed by atoms with Gasteiger partial charge in [-0.25, -0.2) is 4.98 Å². The molecule has 1 aliphatic heterocycles. The van der Waals surface area contributed by atoms with Crippen molar-refractivity contribution in [3.63, 3.8) is 0 Å². The second-order valence-corrected chi connectivity index (χ2v) is 5.80. The molecule has 3 heteroatoms. The Morgan fingerprint density at radius 1 is 1.41 bits per heavy atom. The molecule has 1 fully saturated rings. The average Bonchev–Trinajstić information content (AvgIpc) is 2.80. The molecule has 90 valence electrons. The number of hydrogen-bond acceptors (Lipinski definition) is 2. The SMILES string of the molecule is Cc1cc(C2=CCC[C@H]3CCN[C@@H]23)cnc1Br. The van der Waals surface area contributed by atoms with Crippen LogP contribution in [0.1, 0.15) is 30.4 Å². The van der Waals surface area contributed by atoms with Crippen molar-refractivity contribution in [3.8, 4) is 0 Å². The van der Waals surface area contributed by atoms with Gasteiger partial charge in [0.25, 0.3) is 0 Å². The van der Waals surface area contributed by atoms with Crippen LogP contribution in [-0.4, -0.2) is 17.6 Å². The summed E-state index contributed by atoms with van der Waals surface area (Å²) in [7, 11) is 0. The van der Waals surface area contributed by atoms with Gasteiger partial charge in [0.05, 0.1) is 0 Å². The van der Waals surface area contributed by atoms with E-state index in [0.717, 1.165) is 17.1 Å². The van der Waals surface area contributed by atoms with Crippen LogP contribution in [0.3, 0.4) is 0 Å². The molecule has 2 nitrogen and oxygen atoms in total. The standard InChI is InChI=1S/C14H17BrN2/c1-9-7-11(8-17-14(9)15)12-4-2-3-10-5-6-16-13(10)12/h4,7-8,10,13,16H,2-3,5-6H2,1H3/t10-,13+/m0/s1. The molecule has 0 saturated carbocycles. The van der Waals surface area contributed by atoms with E-state index in [9.17, 15) is 0 Å². The van der Waals surface area contributed by atoms with Crippen molar-refractivity contribution in [1.29, 1.82) is 0 Å². The largest absolute Gasteiger partial charge is 0.310 e. The van der Waals surface area contributed by atoms with Gasteiger partial charge in [0.15, 0.2) is 0 Å². The van der Waals surface area contributed by atoms with Crippen LogP contribution in [0.2, 0.25) is 0 Å². The zero-order chi connectivity index (χ0) is 11.8. The van der Waals surface area contributed by atoms with Gasteiger partial charge in [-0.2, -0.15) is 0 Å². The summed E-state index contributed by atoms with van der Waals surface area (Å²) in [6, 6.07) is 2.80. The van der Waals surface area contributed by atoms with Gasteiger partial charge >= 0.3 is 0 Å². The zero-order valence-electron chi connectivity index (χ0n) is 10.0. The topological polar surface area (TPSA) is 24.9 Å². The summed E-state index contributed by atoms with van der Waals surface area (Å²) in [4.78, 5) is 4.42. The number of aryl methyl sites for hydroxylation is 1. The highest BCUT2D eigenvalue weighted by atomic mass is 79.9. The molecule has 0 amide bonds. The zero-order valence-corrected chi connectivity index (χ0v) is 11.6. The van der Waals surface area contributed by atoms with Crippen molar-refractivity contribution in [2.75, 3.05) is 6.54 Å². The first-order valence-corrected chi connectivity index (χ1v) is 7.11. The molecule has 0 spiro atoms. The molecule has 0 radical (unpaired) electrons. The summed E-state index contributed by atoms with van der Waals surface area (Å²) in [6.07, 6.45) is 8.26. The molecule has 1 saturated heterocycles. The van der Waals surface area contributed by atoms with E-state index < -0.39 is 0 Å². The summed E-state index contributed by atoms with van der Waals surface area (Å²) >= 11 is 3.46. The molecule has 0 aromatic carbocycles. The third kappa shape index (κ3) is 2.06. The van der Waals surface area contributed by atoms with E-state index in [1.165, 1.54) is 36.0 Å². The molecule has 0 bridgehead atoms. The highest BCUT2D eigenvalue weighted by Crippen LogP contribution is 2.36. The van der Waals surface area contributed by atoms with Crippen LogP contribution in [0.5, 0.6) is 0 Å². The van der Waals surface area contributed by atoms with E-state index in [2.05, 4.69) is 45.3 Å². The summed E-state index contributed by atoms with van der Waals surface area (Å²) in [6.45, 7) is 3.26. The molecule has 0 unspecified atom stereocenters. The predicted octanol–water partition coefficient (Wildman–Crippen LogP) is 3.31. The first-order valence-electron chi connectivity index (χ1n) is 6.31. The van der Waals surface area contributed by atoms with E-state index >= 15 is 0 Å². The Hall–Kier alpha value is -0.670. The van der Waals surface area contributed by atoms with Crippen LogP contribution in [0.4, 0.5) is 0 Å².